The van der Waals surface area contributed by atoms with E-state index in [2.05, 4.69) is 25.4 Å². The summed E-state index contributed by atoms with van der Waals surface area (Å²) in [6.07, 6.45) is 2.14. The summed E-state index contributed by atoms with van der Waals surface area (Å²) in [4.78, 5) is 0. The summed E-state index contributed by atoms with van der Waals surface area (Å²) in [6, 6.07) is 0.458. The van der Waals surface area contributed by atoms with E-state index in [4.69, 9.17) is 5.73 Å². The Morgan fingerprint density at radius 3 is 2.55 bits per heavy atom. The fourth-order valence-electron chi connectivity index (χ4n) is 0.829. The molecule has 0 saturated carbocycles. The molecule has 2 atom stereocenters. The smallest absolute Gasteiger partial charge is 0.0162 e. The van der Waals surface area contributed by atoms with Gasteiger partial charge in [-0.1, -0.05) is 6.92 Å². The molecule has 0 bridgehead atoms. The van der Waals surface area contributed by atoms with E-state index in [-0.39, 0.29) is 0 Å². The number of nitrogens with one attached hydrogen (secondary N) is 1. The minimum Gasteiger partial charge on any atom is -0.329 e. The summed E-state index contributed by atoms with van der Waals surface area (Å²) in [5.41, 5.74) is 5.46. The number of nitrogens with two attached hydrogens (primary N) is 1. The topological polar surface area (TPSA) is 38.0 Å². The van der Waals surface area contributed by atoms with Gasteiger partial charge >= 0.3 is 0 Å². The maximum absolute atomic E-state index is 5.46. The van der Waals surface area contributed by atoms with Crippen LogP contribution in [0.3, 0.4) is 0 Å². The second kappa shape index (κ2) is 6.95. The van der Waals surface area contributed by atoms with Gasteiger partial charge in [-0.05, 0) is 31.4 Å². The Balaban J connectivity index is 3.22. The highest BCUT2D eigenvalue weighted by Gasteiger charge is 2.02. The van der Waals surface area contributed by atoms with Crippen molar-refractivity contribution in [3.63, 3.8) is 0 Å². The summed E-state index contributed by atoms with van der Waals surface area (Å²) in [6.45, 7) is 6.18. The third kappa shape index (κ3) is 6.66. The molecule has 0 amide bonds. The third-order valence-electron chi connectivity index (χ3n) is 1.62. The summed E-state index contributed by atoms with van der Waals surface area (Å²) in [7, 11) is 0. The molecule has 3 heteroatoms. The van der Waals surface area contributed by atoms with E-state index in [0.29, 0.717) is 6.04 Å². The van der Waals surface area contributed by atoms with Crippen molar-refractivity contribution in [2.75, 3.05) is 25.1 Å². The lowest BCUT2D eigenvalue weighted by molar-refractivity contribution is 0.493. The number of hydrogen-bond acceptors (Lipinski definition) is 3. The molecule has 0 aromatic heterocycles. The molecular formula is C8H20N2S. The molecule has 0 fully saturated rings. The second-order valence-electron chi connectivity index (χ2n) is 3.11. The van der Waals surface area contributed by atoms with Gasteiger partial charge in [0.25, 0.3) is 0 Å². The Bertz CT molecular complexity index is 88.2. The molecule has 0 saturated heterocycles. The zero-order chi connectivity index (χ0) is 8.69. The highest BCUT2D eigenvalue weighted by molar-refractivity contribution is 7.98. The Kier molecular flexibility index (Phi) is 7.12. The van der Waals surface area contributed by atoms with Gasteiger partial charge in [0.15, 0.2) is 0 Å². The molecule has 2 unspecified atom stereocenters. The van der Waals surface area contributed by atoms with E-state index in [9.17, 15) is 0 Å². The van der Waals surface area contributed by atoms with Crippen molar-refractivity contribution in [3.8, 4) is 0 Å². The normalized spacial score (nSPS) is 16.4. The number of rotatable bonds is 6. The maximum atomic E-state index is 5.46. The molecule has 0 aromatic carbocycles. The fourth-order valence-corrected chi connectivity index (χ4v) is 1.52. The monoisotopic (exact) mass is 176 g/mol. The zero-order valence-electron chi connectivity index (χ0n) is 7.76. The van der Waals surface area contributed by atoms with Gasteiger partial charge in [-0.3, -0.25) is 0 Å². The van der Waals surface area contributed by atoms with Crippen LogP contribution >= 0.6 is 11.8 Å². The first-order valence-electron chi connectivity index (χ1n) is 4.13. The lowest BCUT2D eigenvalue weighted by Crippen LogP contribution is -2.36. The molecule has 0 aliphatic heterocycles. The fraction of sp³-hybridized carbons (Fsp3) is 1.00. The molecule has 0 heterocycles. The van der Waals surface area contributed by atoms with Gasteiger partial charge in [-0.15, -0.1) is 0 Å². The molecule has 0 spiro atoms. The Morgan fingerprint density at radius 1 is 1.45 bits per heavy atom. The largest absolute Gasteiger partial charge is 0.329 e. The number of thioether (sulfide) groups is 1. The summed E-state index contributed by atoms with van der Waals surface area (Å²) in [5, 5.41) is 3.38. The molecule has 11 heavy (non-hydrogen) atoms. The SMILES string of the molecule is CSCC(C)CNC(C)CN. The molecule has 0 rings (SSSR count). The molecule has 0 aliphatic rings. The van der Waals surface area contributed by atoms with Crippen LogP contribution in [0.25, 0.3) is 0 Å². The molecule has 68 valence electrons. The van der Waals surface area contributed by atoms with Crippen LogP contribution < -0.4 is 11.1 Å². The van der Waals surface area contributed by atoms with E-state index >= 15 is 0 Å². The zero-order valence-corrected chi connectivity index (χ0v) is 8.58. The second-order valence-corrected chi connectivity index (χ2v) is 4.02. The van der Waals surface area contributed by atoms with Gasteiger partial charge in [0, 0.05) is 12.6 Å². The van der Waals surface area contributed by atoms with Crippen molar-refractivity contribution in [1.82, 2.24) is 5.32 Å². The Morgan fingerprint density at radius 2 is 2.09 bits per heavy atom. The van der Waals surface area contributed by atoms with Gasteiger partial charge in [0.1, 0.15) is 0 Å². The van der Waals surface area contributed by atoms with Gasteiger partial charge in [0.05, 0.1) is 0 Å². The maximum Gasteiger partial charge on any atom is 0.0162 e. The first-order valence-corrected chi connectivity index (χ1v) is 5.52. The van der Waals surface area contributed by atoms with Crippen LogP contribution in [-0.2, 0) is 0 Å². The average molecular weight is 176 g/mol. The first-order chi connectivity index (χ1) is 5.20. The quantitative estimate of drug-likeness (QED) is 0.632. The van der Waals surface area contributed by atoms with E-state index < -0.39 is 0 Å². The first kappa shape index (κ1) is 11.3. The molecular weight excluding hydrogens is 156 g/mol. The van der Waals surface area contributed by atoms with Crippen molar-refractivity contribution in [2.45, 2.75) is 19.9 Å². The predicted octanol–water partition coefficient (Wildman–Crippen LogP) is 0.922. The van der Waals surface area contributed by atoms with Gasteiger partial charge < -0.3 is 11.1 Å². The number of hydrogen-bond donors (Lipinski definition) is 2. The minimum absolute atomic E-state index is 0.458. The van der Waals surface area contributed by atoms with Crippen LogP contribution in [0.2, 0.25) is 0 Å². The van der Waals surface area contributed by atoms with E-state index in [1.165, 1.54) is 5.75 Å². The standard InChI is InChI=1S/C8H20N2S/c1-7(6-11-3)5-10-8(2)4-9/h7-8,10H,4-6,9H2,1-3H3. The molecule has 3 N–H and O–H groups in total. The van der Waals surface area contributed by atoms with Crippen molar-refractivity contribution in [3.05, 3.63) is 0 Å². The Labute approximate surface area is 74.3 Å². The van der Waals surface area contributed by atoms with Gasteiger partial charge in [0.2, 0.25) is 0 Å². The van der Waals surface area contributed by atoms with Crippen LogP contribution in [0.1, 0.15) is 13.8 Å². The van der Waals surface area contributed by atoms with Crippen LogP contribution in [0, 0.1) is 5.92 Å². The summed E-state index contributed by atoms with van der Waals surface area (Å²) < 4.78 is 0. The predicted molar refractivity (Wildman–Crippen MR) is 54.1 cm³/mol. The summed E-state index contributed by atoms with van der Waals surface area (Å²) >= 11 is 1.90. The van der Waals surface area contributed by atoms with Crippen molar-refractivity contribution >= 4 is 11.8 Å². The third-order valence-corrected chi connectivity index (χ3v) is 2.52. The highest BCUT2D eigenvalue weighted by Crippen LogP contribution is 2.02. The van der Waals surface area contributed by atoms with Gasteiger partial charge in [-0.25, -0.2) is 0 Å². The van der Waals surface area contributed by atoms with Crippen LogP contribution in [0.15, 0.2) is 0 Å². The highest BCUT2D eigenvalue weighted by atomic mass is 32.2. The lowest BCUT2D eigenvalue weighted by atomic mass is 10.2. The van der Waals surface area contributed by atoms with Crippen molar-refractivity contribution in [2.24, 2.45) is 11.7 Å². The molecule has 0 aromatic rings. The Hall–Kier alpha value is 0.270. The van der Waals surface area contributed by atoms with Crippen LogP contribution in [0.5, 0.6) is 0 Å². The van der Waals surface area contributed by atoms with Crippen LogP contribution in [-0.4, -0.2) is 31.1 Å². The van der Waals surface area contributed by atoms with E-state index in [1.54, 1.807) is 0 Å². The lowest BCUT2D eigenvalue weighted by Gasteiger charge is -2.15. The van der Waals surface area contributed by atoms with Crippen molar-refractivity contribution < 1.29 is 0 Å². The molecule has 0 aliphatic carbocycles. The minimum atomic E-state index is 0.458. The van der Waals surface area contributed by atoms with E-state index in [1.807, 2.05) is 11.8 Å². The van der Waals surface area contributed by atoms with Crippen molar-refractivity contribution in [1.29, 1.82) is 0 Å². The molecule has 2 nitrogen and oxygen atoms in total. The van der Waals surface area contributed by atoms with E-state index in [0.717, 1.165) is 19.0 Å². The van der Waals surface area contributed by atoms with Crippen LogP contribution in [0.4, 0.5) is 0 Å². The summed E-state index contributed by atoms with van der Waals surface area (Å²) in [5.74, 6) is 1.98. The average Bonchev–Trinajstić information content (AvgIpc) is 2.01. The molecule has 0 radical (unpaired) electrons. The van der Waals surface area contributed by atoms with Gasteiger partial charge in [-0.2, -0.15) is 11.8 Å².